The van der Waals surface area contributed by atoms with Crippen molar-refractivity contribution in [3.63, 3.8) is 0 Å². The van der Waals surface area contributed by atoms with Crippen LogP contribution in [0, 0.1) is 0 Å². The van der Waals surface area contributed by atoms with Gasteiger partial charge in [-0.2, -0.15) is 0 Å². The van der Waals surface area contributed by atoms with E-state index in [1.807, 2.05) is 43.5 Å². The number of thiazole rings is 1. The zero-order valence-electron chi connectivity index (χ0n) is 16.5. The lowest BCUT2D eigenvalue weighted by Crippen LogP contribution is -2.35. The largest absolute Gasteiger partial charge is 0.325 e. The molecule has 2 heterocycles. The van der Waals surface area contributed by atoms with Gasteiger partial charge in [-0.3, -0.25) is 14.5 Å². The number of carbonyl (C=O) groups excluding carboxylic acids is 1. The second-order valence-corrected chi connectivity index (χ2v) is 10.4. The molecule has 1 fully saturated rings. The fraction of sp³-hybridized carbons (Fsp3) is 0.286. The van der Waals surface area contributed by atoms with Crippen LogP contribution in [0.4, 0.5) is 10.8 Å². The van der Waals surface area contributed by atoms with Crippen LogP contribution < -0.4 is 10.0 Å². The van der Waals surface area contributed by atoms with Crippen molar-refractivity contribution >= 4 is 50.6 Å². The second-order valence-electron chi connectivity index (χ2n) is 7.65. The van der Waals surface area contributed by atoms with Gasteiger partial charge in [-0.05, 0) is 44.9 Å². The number of nitrogens with one attached hydrogen (secondary N) is 2. The van der Waals surface area contributed by atoms with Crippen LogP contribution in [-0.4, -0.2) is 25.3 Å². The van der Waals surface area contributed by atoms with Crippen LogP contribution in [0.15, 0.2) is 48.1 Å². The third-order valence-corrected chi connectivity index (χ3v) is 7.60. The smallest absolute Gasteiger partial charge is 0.236 e. The molecule has 1 unspecified atom stereocenters. The molecule has 0 spiro atoms. The Morgan fingerprint density at radius 2 is 2.10 bits per heavy atom. The lowest BCUT2D eigenvalue weighted by molar-refractivity contribution is -0.120. The molecule has 1 aliphatic rings. The molecule has 1 atom stereocenters. The molecule has 6 nitrogen and oxygen atoms in total. The minimum absolute atomic E-state index is 0.201. The quantitative estimate of drug-likeness (QED) is 0.519. The van der Waals surface area contributed by atoms with Crippen LogP contribution in [0.2, 0.25) is 5.02 Å². The van der Waals surface area contributed by atoms with Gasteiger partial charge < -0.3 is 5.32 Å². The van der Waals surface area contributed by atoms with Crippen LogP contribution >= 0.6 is 22.9 Å². The maximum absolute atomic E-state index is 13.0. The molecule has 0 radical (unpaired) electrons. The summed E-state index contributed by atoms with van der Waals surface area (Å²) in [6.07, 6.45) is 5.41. The van der Waals surface area contributed by atoms with Gasteiger partial charge in [0.05, 0.1) is 21.4 Å². The topological polar surface area (TPSA) is 84.0 Å². The minimum atomic E-state index is -1.11. The van der Waals surface area contributed by atoms with Crippen molar-refractivity contribution in [2.45, 2.75) is 37.4 Å². The van der Waals surface area contributed by atoms with Crippen LogP contribution in [0.25, 0.3) is 11.1 Å². The molecule has 1 saturated carbocycles. The van der Waals surface area contributed by atoms with E-state index in [4.69, 9.17) is 11.6 Å². The number of pyridine rings is 1. The standard InChI is InChI=1S/C21H21ClN4O2S2/c1-21(2,18-12-29-20(25-18)26-30(28)15-6-7-15)19(27)24-14-5-8-16(17(22)10-14)13-4-3-9-23-11-13/h3-5,8-12,15H,6-7H2,1-2H3,(H,24,27)(H,25,26). The molecule has 0 saturated heterocycles. The SMILES string of the molecule is CC(C)(C(=O)Nc1ccc(-c2cccnc2)c(Cl)c1)c1csc(NS(=O)C2CC2)n1. The van der Waals surface area contributed by atoms with Crippen LogP contribution in [0.5, 0.6) is 0 Å². The van der Waals surface area contributed by atoms with Gasteiger partial charge in [0.1, 0.15) is 11.0 Å². The molecule has 1 aromatic carbocycles. The van der Waals surface area contributed by atoms with E-state index >= 15 is 0 Å². The van der Waals surface area contributed by atoms with E-state index in [1.54, 1.807) is 18.5 Å². The molecule has 2 N–H and O–H groups in total. The molecule has 0 bridgehead atoms. The number of anilines is 2. The summed E-state index contributed by atoms with van der Waals surface area (Å²) in [6.45, 7) is 3.62. The second kappa shape index (κ2) is 8.45. The van der Waals surface area contributed by atoms with Crippen LogP contribution in [0.3, 0.4) is 0 Å². The summed E-state index contributed by atoms with van der Waals surface area (Å²) in [5.74, 6) is -0.201. The number of rotatable bonds is 7. The van der Waals surface area contributed by atoms with E-state index < -0.39 is 16.4 Å². The van der Waals surface area contributed by atoms with Gasteiger partial charge in [0.2, 0.25) is 5.91 Å². The van der Waals surface area contributed by atoms with Gasteiger partial charge in [-0.25, -0.2) is 9.19 Å². The number of halogens is 1. The summed E-state index contributed by atoms with van der Waals surface area (Å²) in [4.78, 5) is 21.6. The Bertz CT molecular complexity index is 1100. The third-order valence-electron chi connectivity index (χ3n) is 4.93. The summed E-state index contributed by atoms with van der Waals surface area (Å²) < 4.78 is 15.0. The molecule has 1 aliphatic carbocycles. The molecule has 4 rings (SSSR count). The maximum atomic E-state index is 13.0. The first kappa shape index (κ1) is 21.0. The highest BCUT2D eigenvalue weighted by atomic mass is 35.5. The van der Waals surface area contributed by atoms with Crippen LogP contribution in [0.1, 0.15) is 32.4 Å². The fourth-order valence-electron chi connectivity index (χ4n) is 2.81. The average Bonchev–Trinajstić information content (AvgIpc) is 3.47. The highest BCUT2D eigenvalue weighted by molar-refractivity contribution is 7.87. The molecule has 0 aliphatic heterocycles. The molecular formula is C21H21ClN4O2S2. The number of aromatic nitrogens is 2. The molecular weight excluding hydrogens is 440 g/mol. The molecule has 9 heteroatoms. The molecule has 156 valence electrons. The van der Waals surface area contributed by atoms with E-state index in [9.17, 15) is 9.00 Å². The van der Waals surface area contributed by atoms with Gasteiger partial charge >= 0.3 is 0 Å². The number of hydrogen-bond donors (Lipinski definition) is 2. The maximum Gasteiger partial charge on any atom is 0.236 e. The van der Waals surface area contributed by atoms with E-state index in [1.165, 1.54) is 11.3 Å². The van der Waals surface area contributed by atoms with Crippen molar-refractivity contribution in [3.05, 3.63) is 58.8 Å². The van der Waals surface area contributed by atoms with Crippen molar-refractivity contribution in [1.82, 2.24) is 9.97 Å². The minimum Gasteiger partial charge on any atom is -0.325 e. The van der Waals surface area contributed by atoms with Gasteiger partial charge in [-0.15, -0.1) is 11.3 Å². The van der Waals surface area contributed by atoms with E-state index in [0.29, 0.717) is 21.5 Å². The Labute approximate surface area is 186 Å². The Balaban J connectivity index is 1.46. The van der Waals surface area contributed by atoms with Crippen molar-refractivity contribution in [1.29, 1.82) is 0 Å². The lowest BCUT2D eigenvalue weighted by atomic mass is 9.89. The predicted octanol–water partition coefficient (Wildman–Crippen LogP) is 5.01. The molecule has 3 aromatic rings. The normalized spacial score (nSPS) is 14.9. The average molecular weight is 461 g/mol. The Hall–Kier alpha value is -2.29. The van der Waals surface area contributed by atoms with Gasteiger partial charge in [0.15, 0.2) is 5.13 Å². The van der Waals surface area contributed by atoms with Gasteiger partial charge in [0, 0.05) is 34.6 Å². The van der Waals surface area contributed by atoms with Crippen molar-refractivity contribution in [2.24, 2.45) is 0 Å². The Kier molecular flexibility index (Phi) is 5.90. The summed E-state index contributed by atoms with van der Waals surface area (Å²) in [6, 6.07) is 9.18. The molecule has 2 aromatic heterocycles. The van der Waals surface area contributed by atoms with Gasteiger partial charge in [-0.1, -0.05) is 23.7 Å². The van der Waals surface area contributed by atoms with Crippen LogP contribution in [-0.2, 0) is 21.2 Å². The predicted molar refractivity (Wildman–Crippen MR) is 123 cm³/mol. The number of benzene rings is 1. The summed E-state index contributed by atoms with van der Waals surface area (Å²) >= 11 is 7.79. The number of hydrogen-bond acceptors (Lipinski definition) is 5. The van der Waals surface area contributed by atoms with Crippen molar-refractivity contribution in [2.75, 3.05) is 10.0 Å². The Morgan fingerprint density at radius 1 is 1.30 bits per heavy atom. The number of carbonyl (C=O) groups is 1. The molecule has 30 heavy (non-hydrogen) atoms. The number of nitrogens with zero attached hydrogens (tertiary/aromatic N) is 2. The zero-order valence-corrected chi connectivity index (χ0v) is 18.9. The summed E-state index contributed by atoms with van der Waals surface area (Å²) in [5, 5.41) is 6.06. The first-order valence-corrected chi connectivity index (χ1v) is 12.0. The van der Waals surface area contributed by atoms with Gasteiger partial charge in [0.25, 0.3) is 0 Å². The monoisotopic (exact) mass is 460 g/mol. The highest BCUT2D eigenvalue weighted by Gasteiger charge is 2.34. The third kappa shape index (κ3) is 4.55. The van der Waals surface area contributed by atoms with Crippen molar-refractivity contribution < 1.29 is 9.00 Å². The van der Waals surface area contributed by atoms with E-state index in [-0.39, 0.29) is 11.2 Å². The zero-order chi connectivity index (χ0) is 21.3. The lowest BCUT2D eigenvalue weighted by Gasteiger charge is -2.22. The first-order valence-electron chi connectivity index (χ1n) is 9.49. The van der Waals surface area contributed by atoms with E-state index in [2.05, 4.69) is 20.0 Å². The summed E-state index contributed by atoms with van der Waals surface area (Å²) in [7, 11) is -1.11. The van der Waals surface area contributed by atoms with E-state index in [0.717, 1.165) is 24.0 Å². The van der Waals surface area contributed by atoms with Crippen molar-refractivity contribution in [3.8, 4) is 11.1 Å². The number of amides is 1. The fourth-order valence-corrected chi connectivity index (χ4v) is 5.21. The Morgan fingerprint density at radius 3 is 2.77 bits per heavy atom. The first-order chi connectivity index (χ1) is 14.3. The molecule has 1 amide bonds. The summed E-state index contributed by atoms with van der Waals surface area (Å²) in [5.41, 5.74) is 2.12. The highest BCUT2D eigenvalue weighted by Crippen LogP contribution is 2.33.